The highest BCUT2D eigenvalue weighted by Crippen LogP contribution is 2.49. The summed E-state index contributed by atoms with van der Waals surface area (Å²) in [5.41, 5.74) is 3.37. The van der Waals surface area contributed by atoms with Gasteiger partial charge < -0.3 is 14.5 Å². The third kappa shape index (κ3) is 2.88. The van der Waals surface area contributed by atoms with Crippen molar-refractivity contribution in [2.45, 2.75) is 18.1 Å². The van der Waals surface area contributed by atoms with Gasteiger partial charge in [0.15, 0.2) is 6.10 Å². The summed E-state index contributed by atoms with van der Waals surface area (Å²) in [5, 5.41) is 13.4. The van der Waals surface area contributed by atoms with Crippen LogP contribution in [0.3, 0.4) is 0 Å². The van der Waals surface area contributed by atoms with Crippen LogP contribution in [0, 0.1) is 10.1 Å². The highest BCUT2D eigenvalue weighted by Gasteiger charge is 2.49. The minimum absolute atomic E-state index is 0.216. The molecule has 4 aromatic rings. The molecule has 5 rings (SSSR count). The predicted octanol–water partition coefficient (Wildman–Crippen LogP) is 5.09. The highest BCUT2D eigenvalue weighted by molar-refractivity contribution is 5.84. The van der Waals surface area contributed by atoms with E-state index in [-0.39, 0.29) is 4.92 Å². The van der Waals surface area contributed by atoms with Gasteiger partial charge >= 0.3 is 0 Å². The molecule has 1 N–H and O–H groups in total. The van der Waals surface area contributed by atoms with E-state index in [1.165, 1.54) is 0 Å². The van der Waals surface area contributed by atoms with Crippen LogP contribution in [0.25, 0.3) is 10.9 Å². The van der Waals surface area contributed by atoms with Crippen molar-refractivity contribution in [3.05, 3.63) is 106 Å². The molecule has 30 heavy (non-hydrogen) atoms. The van der Waals surface area contributed by atoms with E-state index in [2.05, 4.69) is 4.98 Å². The Morgan fingerprint density at radius 2 is 1.77 bits per heavy atom. The predicted molar refractivity (Wildman–Crippen MR) is 114 cm³/mol. The quantitative estimate of drug-likeness (QED) is 0.382. The Morgan fingerprint density at radius 3 is 2.53 bits per heavy atom. The summed E-state index contributed by atoms with van der Waals surface area (Å²) in [7, 11) is 1.59. The van der Waals surface area contributed by atoms with Gasteiger partial charge in [0.25, 0.3) is 6.04 Å². The average Bonchev–Trinajstić information content (AvgIpc) is 3.21. The van der Waals surface area contributed by atoms with E-state index >= 15 is 0 Å². The molecule has 3 atom stereocenters. The minimum atomic E-state index is -0.994. The fourth-order valence-corrected chi connectivity index (χ4v) is 4.41. The van der Waals surface area contributed by atoms with Crippen molar-refractivity contribution in [2.24, 2.45) is 0 Å². The third-order valence-corrected chi connectivity index (χ3v) is 5.79. The molecule has 0 unspecified atom stereocenters. The van der Waals surface area contributed by atoms with Gasteiger partial charge in [-0.1, -0.05) is 48.5 Å². The molecule has 6 nitrogen and oxygen atoms in total. The van der Waals surface area contributed by atoms with Gasteiger partial charge in [0.1, 0.15) is 11.5 Å². The Hall–Kier alpha value is -3.80. The molecule has 3 aromatic carbocycles. The maximum absolute atomic E-state index is 12.4. The Labute approximate surface area is 173 Å². The van der Waals surface area contributed by atoms with Gasteiger partial charge in [0, 0.05) is 27.6 Å². The number of aromatic amines is 1. The molecular weight excluding hydrogens is 380 g/mol. The summed E-state index contributed by atoms with van der Waals surface area (Å²) in [6.45, 7) is 0. The van der Waals surface area contributed by atoms with Gasteiger partial charge in [0.05, 0.1) is 13.0 Å². The minimum Gasteiger partial charge on any atom is -0.497 e. The van der Waals surface area contributed by atoms with E-state index in [0.29, 0.717) is 11.5 Å². The summed E-state index contributed by atoms with van der Waals surface area (Å²) in [6.07, 6.45) is 1.17. The van der Waals surface area contributed by atoms with Crippen LogP contribution in [0.5, 0.6) is 11.5 Å². The fourth-order valence-electron chi connectivity index (χ4n) is 4.41. The third-order valence-electron chi connectivity index (χ3n) is 5.79. The Morgan fingerprint density at radius 1 is 1.00 bits per heavy atom. The van der Waals surface area contributed by atoms with Crippen LogP contribution in [0.2, 0.25) is 0 Å². The zero-order valence-corrected chi connectivity index (χ0v) is 16.3. The lowest BCUT2D eigenvalue weighted by molar-refractivity contribution is -0.538. The molecule has 0 amide bonds. The second-order valence-corrected chi connectivity index (χ2v) is 7.40. The van der Waals surface area contributed by atoms with Crippen LogP contribution in [-0.4, -0.2) is 23.1 Å². The maximum atomic E-state index is 12.4. The first kappa shape index (κ1) is 18.2. The number of nitrogens with zero attached hydrogens (tertiary/aromatic N) is 1. The van der Waals surface area contributed by atoms with Crippen LogP contribution >= 0.6 is 0 Å². The fraction of sp³-hybridized carbons (Fsp3) is 0.167. The number of nitro groups is 1. The Balaban J connectivity index is 1.77. The standard InChI is InChI=1S/C24H20N2O4/c1-29-16-11-12-21-18(13-16)22(19-14-25-20-10-6-5-9-17(19)20)23(26(27)28)24(30-21)15-7-3-2-4-8-15/h2-14,22-25H,1H3/t22-,23-,24-/m0/s1. The van der Waals surface area contributed by atoms with Crippen LogP contribution in [0.1, 0.15) is 28.7 Å². The first-order valence-corrected chi connectivity index (χ1v) is 9.76. The number of fused-ring (bicyclic) bond motifs is 2. The van der Waals surface area contributed by atoms with Gasteiger partial charge in [0.2, 0.25) is 0 Å². The molecule has 2 heterocycles. The number of methoxy groups -OCH3 is 1. The van der Waals surface area contributed by atoms with E-state index in [0.717, 1.165) is 27.6 Å². The number of para-hydroxylation sites is 1. The van der Waals surface area contributed by atoms with Crippen molar-refractivity contribution in [1.82, 2.24) is 4.98 Å². The van der Waals surface area contributed by atoms with Crippen molar-refractivity contribution in [2.75, 3.05) is 7.11 Å². The van der Waals surface area contributed by atoms with E-state index in [9.17, 15) is 10.1 Å². The summed E-state index contributed by atoms with van der Waals surface area (Å²) in [5.74, 6) is 0.778. The zero-order chi connectivity index (χ0) is 20.7. The van der Waals surface area contributed by atoms with Gasteiger partial charge in [-0.25, -0.2) is 0 Å². The summed E-state index contributed by atoms with van der Waals surface area (Å²) >= 11 is 0. The molecule has 150 valence electrons. The molecule has 0 fully saturated rings. The molecule has 1 aromatic heterocycles. The van der Waals surface area contributed by atoms with E-state index in [4.69, 9.17) is 9.47 Å². The molecule has 0 bridgehead atoms. The highest BCUT2D eigenvalue weighted by atomic mass is 16.6. The van der Waals surface area contributed by atoms with Crippen LogP contribution in [0.4, 0.5) is 0 Å². The average molecular weight is 400 g/mol. The number of aromatic nitrogens is 1. The van der Waals surface area contributed by atoms with E-state index < -0.39 is 18.1 Å². The first-order valence-electron chi connectivity index (χ1n) is 9.76. The Bertz CT molecular complexity index is 1220. The number of nitrogens with one attached hydrogen (secondary N) is 1. The van der Waals surface area contributed by atoms with Crippen LogP contribution in [0.15, 0.2) is 79.0 Å². The molecule has 1 aliphatic heterocycles. The van der Waals surface area contributed by atoms with Crippen LogP contribution in [-0.2, 0) is 0 Å². The number of benzene rings is 3. The molecule has 0 saturated heterocycles. The number of hydrogen-bond donors (Lipinski definition) is 1. The lowest BCUT2D eigenvalue weighted by atomic mass is 9.78. The SMILES string of the molecule is COc1ccc2c(c1)[C@@H](c1c[nH]c3ccccc13)[C@H]([N+](=O)[O-])[C@H](c1ccccc1)O2. The monoisotopic (exact) mass is 400 g/mol. The summed E-state index contributed by atoms with van der Waals surface area (Å²) in [4.78, 5) is 15.5. The molecule has 0 spiro atoms. The normalized spacial score (nSPS) is 20.4. The van der Waals surface area contributed by atoms with Gasteiger partial charge in [-0.2, -0.15) is 0 Å². The van der Waals surface area contributed by atoms with Gasteiger partial charge in [-0.15, -0.1) is 0 Å². The van der Waals surface area contributed by atoms with Crippen molar-refractivity contribution in [3.63, 3.8) is 0 Å². The molecule has 0 saturated carbocycles. The number of H-pyrrole nitrogens is 1. The van der Waals surface area contributed by atoms with Crippen molar-refractivity contribution in [1.29, 1.82) is 0 Å². The molecule has 6 heteroatoms. The van der Waals surface area contributed by atoms with Crippen molar-refractivity contribution >= 4 is 10.9 Å². The lowest BCUT2D eigenvalue weighted by Crippen LogP contribution is -2.40. The molecule has 0 radical (unpaired) electrons. The number of ether oxygens (including phenoxy) is 2. The first-order chi connectivity index (χ1) is 14.7. The zero-order valence-electron chi connectivity index (χ0n) is 16.3. The molecule has 1 aliphatic rings. The van der Waals surface area contributed by atoms with Crippen molar-refractivity contribution < 1.29 is 14.4 Å². The lowest BCUT2D eigenvalue weighted by Gasteiger charge is -2.35. The molecular formula is C24H20N2O4. The van der Waals surface area contributed by atoms with E-state index in [1.54, 1.807) is 7.11 Å². The summed E-state index contributed by atoms with van der Waals surface area (Å²) in [6, 6.07) is 21.8. The second kappa shape index (κ2) is 7.22. The number of hydrogen-bond acceptors (Lipinski definition) is 4. The number of rotatable bonds is 4. The summed E-state index contributed by atoms with van der Waals surface area (Å²) < 4.78 is 11.6. The van der Waals surface area contributed by atoms with Gasteiger partial charge in [-0.3, -0.25) is 10.1 Å². The topological polar surface area (TPSA) is 77.4 Å². The Kier molecular flexibility index (Phi) is 4.39. The largest absolute Gasteiger partial charge is 0.497 e. The van der Waals surface area contributed by atoms with E-state index in [1.807, 2.05) is 79.0 Å². The maximum Gasteiger partial charge on any atom is 0.264 e. The molecule has 0 aliphatic carbocycles. The smallest absolute Gasteiger partial charge is 0.264 e. The van der Waals surface area contributed by atoms with Crippen LogP contribution < -0.4 is 9.47 Å². The second-order valence-electron chi connectivity index (χ2n) is 7.40. The van der Waals surface area contributed by atoms with Crippen molar-refractivity contribution in [3.8, 4) is 11.5 Å². The van der Waals surface area contributed by atoms with Gasteiger partial charge in [-0.05, 0) is 35.4 Å².